The van der Waals surface area contributed by atoms with Gasteiger partial charge >= 0.3 is 0 Å². The van der Waals surface area contributed by atoms with E-state index in [2.05, 4.69) is 37.2 Å². The number of aromatic nitrogens is 4. The monoisotopic (exact) mass is 376 g/mol. The molecule has 9 heteroatoms. The fourth-order valence-corrected chi connectivity index (χ4v) is 4.11. The molecule has 0 saturated heterocycles. The molecule has 7 nitrogen and oxygen atoms in total. The summed E-state index contributed by atoms with van der Waals surface area (Å²) in [5.41, 5.74) is 9.44. The number of fused-ring (bicyclic) bond motifs is 1. The zero-order chi connectivity index (χ0) is 17.8. The van der Waals surface area contributed by atoms with Crippen LogP contribution in [0.2, 0.25) is 0 Å². The van der Waals surface area contributed by atoms with Crippen molar-refractivity contribution in [3.05, 3.63) is 39.3 Å². The van der Waals surface area contributed by atoms with Crippen LogP contribution in [0.1, 0.15) is 22.5 Å². The topological polar surface area (TPSA) is 98.2 Å². The fourth-order valence-electron chi connectivity index (χ4n) is 2.53. The second kappa shape index (κ2) is 7.83. The Labute approximate surface area is 154 Å². The molecule has 0 unspecified atom stereocenters. The number of nitrogens with one attached hydrogen (secondary N) is 1. The predicted octanol–water partition coefficient (Wildman–Crippen LogP) is 1.98. The standard InChI is InChI=1S/C16H20N6OS2/c1-10-13(11(2)22-16(19-10)20-15(17)21-22)7-14(23)18-4-6-25-9-12-3-5-24-8-12/h3,5,8H,4,6-7,9H2,1-2H3,(H2,17,21)(H,18,23). The van der Waals surface area contributed by atoms with Crippen LogP contribution in [-0.2, 0) is 17.0 Å². The Hall–Kier alpha value is -2.13. The first-order valence-corrected chi connectivity index (χ1v) is 9.98. The molecule has 3 N–H and O–H groups in total. The number of rotatable bonds is 7. The summed E-state index contributed by atoms with van der Waals surface area (Å²) in [4.78, 5) is 20.7. The molecule has 25 heavy (non-hydrogen) atoms. The number of amides is 1. The average molecular weight is 377 g/mol. The minimum atomic E-state index is -0.0171. The first-order valence-electron chi connectivity index (χ1n) is 7.88. The van der Waals surface area contributed by atoms with Crippen molar-refractivity contribution in [1.29, 1.82) is 0 Å². The molecule has 3 heterocycles. The number of nitrogen functional groups attached to an aromatic ring is 1. The van der Waals surface area contributed by atoms with Gasteiger partial charge < -0.3 is 11.1 Å². The highest BCUT2D eigenvalue weighted by atomic mass is 32.2. The summed E-state index contributed by atoms with van der Waals surface area (Å²) in [5.74, 6) is 2.49. The van der Waals surface area contributed by atoms with E-state index in [4.69, 9.17) is 5.73 Å². The lowest BCUT2D eigenvalue weighted by Gasteiger charge is -2.10. The second-order valence-corrected chi connectivity index (χ2v) is 7.54. The molecular formula is C16H20N6OS2. The first-order chi connectivity index (χ1) is 12.0. The van der Waals surface area contributed by atoms with Gasteiger partial charge in [-0.25, -0.2) is 4.98 Å². The van der Waals surface area contributed by atoms with Gasteiger partial charge in [-0.1, -0.05) is 0 Å². The van der Waals surface area contributed by atoms with E-state index < -0.39 is 0 Å². The molecular weight excluding hydrogens is 356 g/mol. The van der Waals surface area contributed by atoms with Crippen LogP contribution in [0.15, 0.2) is 16.8 Å². The van der Waals surface area contributed by atoms with Gasteiger partial charge in [0.1, 0.15) is 0 Å². The molecule has 3 aromatic rings. The third-order valence-corrected chi connectivity index (χ3v) is 5.58. The summed E-state index contributed by atoms with van der Waals surface area (Å²) < 4.78 is 1.58. The molecule has 0 aliphatic heterocycles. The van der Waals surface area contributed by atoms with E-state index >= 15 is 0 Å². The quantitative estimate of drug-likeness (QED) is 0.612. The van der Waals surface area contributed by atoms with E-state index in [0.29, 0.717) is 12.3 Å². The number of thioether (sulfide) groups is 1. The molecule has 1 amide bonds. The van der Waals surface area contributed by atoms with Crippen LogP contribution in [0.4, 0.5) is 5.95 Å². The van der Waals surface area contributed by atoms with Gasteiger partial charge in [-0.2, -0.15) is 32.6 Å². The first kappa shape index (κ1) is 17.7. The average Bonchev–Trinajstić information content (AvgIpc) is 3.20. The maximum absolute atomic E-state index is 12.2. The molecule has 0 fully saturated rings. The van der Waals surface area contributed by atoms with E-state index in [9.17, 15) is 4.79 Å². The van der Waals surface area contributed by atoms with Crippen LogP contribution in [0.5, 0.6) is 0 Å². The van der Waals surface area contributed by atoms with Crippen LogP contribution in [0, 0.1) is 13.8 Å². The van der Waals surface area contributed by atoms with Crippen molar-refractivity contribution in [3.63, 3.8) is 0 Å². The molecule has 0 aliphatic rings. The minimum Gasteiger partial charge on any atom is -0.366 e. The Bertz CT molecular complexity index is 875. The molecule has 0 atom stereocenters. The lowest BCUT2D eigenvalue weighted by Crippen LogP contribution is -2.28. The summed E-state index contributed by atoms with van der Waals surface area (Å²) in [7, 11) is 0. The van der Waals surface area contributed by atoms with Crippen molar-refractivity contribution in [2.45, 2.75) is 26.0 Å². The smallest absolute Gasteiger partial charge is 0.254 e. The van der Waals surface area contributed by atoms with Gasteiger partial charge in [0.05, 0.1) is 6.42 Å². The molecule has 3 rings (SSSR count). The maximum atomic E-state index is 12.2. The van der Waals surface area contributed by atoms with Gasteiger partial charge in [0.25, 0.3) is 5.78 Å². The van der Waals surface area contributed by atoms with Crippen LogP contribution in [0.25, 0.3) is 5.78 Å². The number of carbonyl (C=O) groups is 1. The van der Waals surface area contributed by atoms with Gasteiger partial charge in [-0.05, 0) is 36.2 Å². The summed E-state index contributed by atoms with van der Waals surface area (Å²) in [6.45, 7) is 4.42. The molecule has 0 aliphatic carbocycles. The van der Waals surface area contributed by atoms with Crippen molar-refractivity contribution in [1.82, 2.24) is 24.9 Å². The Morgan fingerprint density at radius 3 is 3.00 bits per heavy atom. The Morgan fingerprint density at radius 1 is 1.40 bits per heavy atom. The largest absolute Gasteiger partial charge is 0.366 e. The van der Waals surface area contributed by atoms with Gasteiger partial charge in [-0.15, -0.1) is 5.10 Å². The minimum absolute atomic E-state index is 0.0171. The normalized spacial score (nSPS) is 11.1. The molecule has 0 spiro atoms. The highest BCUT2D eigenvalue weighted by Gasteiger charge is 2.15. The summed E-state index contributed by atoms with van der Waals surface area (Å²) in [5, 5.41) is 11.3. The molecule has 0 radical (unpaired) electrons. The number of nitrogens with zero attached hydrogens (tertiary/aromatic N) is 4. The van der Waals surface area contributed by atoms with Gasteiger partial charge in [0.2, 0.25) is 11.9 Å². The number of hydrogen-bond acceptors (Lipinski definition) is 7. The van der Waals surface area contributed by atoms with Crippen LogP contribution >= 0.6 is 23.1 Å². The van der Waals surface area contributed by atoms with E-state index in [-0.39, 0.29) is 18.3 Å². The second-order valence-electron chi connectivity index (χ2n) is 5.65. The number of thiophene rings is 1. The highest BCUT2D eigenvalue weighted by molar-refractivity contribution is 7.98. The SMILES string of the molecule is Cc1nc2nc(N)nn2c(C)c1CC(=O)NCCSCc1ccsc1. The number of hydrogen-bond donors (Lipinski definition) is 2. The number of carbonyl (C=O) groups excluding carboxylic acids is 1. The molecule has 3 aromatic heterocycles. The Kier molecular flexibility index (Phi) is 5.54. The predicted molar refractivity (Wildman–Crippen MR) is 102 cm³/mol. The summed E-state index contributed by atoms with van der Waals surface area (Å²) >= 11 is 3.52. The van der Waals surface area contributed by atoms with Crippen LogP contribution in [-0.4, -0.2) is 37.8 Å². The fraction of sp³-hybridized carbons (Fsp3) is 0.375. The van der Waals surface area contributed by atoms with E-state index in [1.807, 2.05) is 25.6 Å². The maximum Gasteiger partial charge on any atom is 0.254 e. The number of anilines is 1. The number of aryl methyl sites for hydroxylation is 2. The molecule has 0 bridgehead atoms. The van der Waals surface area contributed by atoms with Crippen molar-refractivity contribution < 1.29 is 4.79 Å². The lowest BCUT2D eigenvalue weighted by atomic mass is 10.1. The Balaban J connectivity index is 1.53. The van der Waals surface area contributed by atoms with E-state index in [1.165, 1.54) is 5.56 Å². The van der Waals surface area contributed by atoms with Crippen LogP contribution < -0.4 is 11.1 Å². The van der Waals surface area contributed by atoms with E-state index in [1.54, 1.807) is 15.9 Å². The zero-order valence-electron chi connectivity index (χ0n) is 14.2. The third-order valence-electron chi connectivity index (χ3n) is 3.82. The zero-order valence-corrected chi connectivity index (χ0v) is 15.8. The number of nitrogens with two attached hydrogens (primary N) is 1. The Morgan fingerprint density at radius 2 is 2.24 bits per heavy atom. The highest BCUT2D eigenvalue weighted by Crippen LogP contribution is 2.16. The molecule has 132 valence electrons. The van der Waals surface area contributed by atoms with E-state index in [0.717, 1.165) is 28.5 Å². The van der Waals surface area contributed by atoms with Crippen molar-refractivity contribution in [2.24, 2.45) is 0 Å². The third kappa shape index (κ3) is 4.29. The van der Waals surface area contributed by atoms with Crippen molar-refractivity contribution in [3.8, 4) is 0 Å². The molecule has 0 saturated carbocycles. The van der Waals surface area contributed by atoms with Crippen LogP contribution in [0.3, 0.4) is 0 Å². The van der Waals surface area contributed by atoms with Gasteiger partial charge in [0.15, 0.2) is 0 Å². The summed E-state index contributed by atoms with van der Waals surface area (Å²) in [6, 6.07) is 2.13. The molecule has 0 aromatic carbocycles. The summed E-state index contributed by atoms with van der Waals surface area (Å²) in [6.07, 6.45) is 0.273. The van der Waals surface area contributed by atoms with Crippen molar-refractivity contribution in [2.75, 3.05) is 18.0 Å². The van der Waals surface area contributed by atoms with Gasteiger partial charge in [-0.3, -0.25) is 4.79 Å². The van der Waals surface area contributed by atoms with Crippen molar-refractivity contribution >= 4 is 40.7 Å². The van der Waals surface area contributed by atoms with Gasteiger partial charge in [0, 0.05) is 35.0 Å². The lowest BCUT2D eigenvalue weighted by molar-refractivity contribution is -0.120.